The van der Waals surface area contributed by atoms with Crippen LogP contribution < -0.4 is 11.3 Å². The minimum Gasteiger partial charge on any atom is -0.375 e. The second-order valence-electron chi connectivity index (χ2n) is 6.08. The average molecular weight is 415 g/mol. The van der Waals surface area contributed by atoms with Crippen molar-refractivity contribution in [1.82, 2.24) is 24.3 Å². The van der Waals surface area contributed by atoms with E-state index in [1.165, 1.54) is 16.0 Å². The molecule has 4 heterocycles. The van der Waals surface area contributed by atoms with E-state index in [-0.39, 0.29) is 5.56 Å². The largest absolute Gasteiger partial charge is 0.375 e. The zero-order valence-electron chi connectivity index (χ0n) is 14.5. The first kappa shape index (κ1) is 16.7. The number of hydrogen-bond acceptors (Lipinski definition) is 8. The maximum absolute atomic E-state index is 13.1. The zero-order chi connectivity index (χ0) is 18.7. The Hall–Kier alpha value is -2.43. The minimum atomic E-state index is -0.133. The molecule has 0 aliphatic carbocycles. The number of aryl methyl sites for hydroxylation is 1. The third-order valence-electron chi connectivity index (χ3n) is 4.52. The third-order valence-corrected chi connectivity index (χ3v) is 7.43. The monoisotopic (exact) mass is 414 g/mol. The molecule has 1 aromatic carbocycles. The van der Waals surface area contributed by atoms with Crippen molar-refractivity contribution in [3.05, 3.63) is 40.3 Å². The second kappa shape index (κ2) is 6.04. The summed E-state index contributed by atoms with van der Waals surface area (Å²) in [6, 6.07) is 5.88. The maximum atomic E-state index is 13.1. The van der Waals surface area contributed by atoms with E-state index in [0.29, 0.717) is 17.2 Å². The van der Waals surface area contributed by atoms with Crippen LogP contribution in [0.3, 0.4) is 0 Å². The molecule has 0 bridgehead atoms. The number of benzene rings is 1. The summed E-state index contributed by atoms with van der Waals surface area (Å²) < 4.78 is 6.33. The van der Waals surface area contributed by atoms with Crippen LogP contribution in [-0.4, -0.2) is 30.6 Å². The number of para-hydroxylation sites is 1. The van der Waals surface area contributed by atoms with E-state index in [9.17, 15) is 4.79 Å². The molecule has 0 aliphatic heterocycles. The minimum absolute atomic E-state index is 0.133. The molecule has 7 nitrogen and oxygen atoms in total. The Morgan fingerprint density at radius 3 is 2.93 bits per heavy atom. The second-order valence-corrected chi connectivity index (χ2v) is 9.20. The summed E-state index contributed by atoms with van der Waals surface area (Å²) >= 11 is 4.63. The number of fused-ring (bicyclic) bond motifs is 4. The smallest absolute Gasteiger partial charge is 0.291 e. The zero-order valence-corrected chi connectivity index (χ0v) is 16.9. The fourth-order valence-corrected chi connectivity index (χ4v) is 5.67. The summed E-state index contributed by atoms with van der Waals surface area (Å²) in [5.41, 5.74) is 8.91. The molecule has 27 heavy (non-hydrogen) atoms. The van der Waals surface area contributed by atoms with E-state index in [4.69, 9.17) is 5.73 Å². The van der Waals surface area contributed by atoms with Crippen molar-refractivity contribution in [2.24, 2.45) is 7.05 Å². The van der Waals surface area contributed by atoms with Crippen LogP contribution in [0.25, 0.3) is 31.5 Å². The number of thiazole rings is 2. The van der Waals surface area contributed by atoms with Crippen LogP contribution in [0.5, 0.6) is 0 Å². The van der Waals surface area contributed by atoms with Crippen molar-refractivity contribution in [2.45, 2.75) is 10.9 Å². The van der Waals surface area contributed by atoms with Crippen LogP contribution in [0.1, 0.15) is 5.56 Å². The summed E-state index contributed by atoms with van der Waals surface area (Å²) in [7, 11) is 1.88. The van der Waals surface area contributed by atoms with E-state index in [1.807, 2.05) is 36.1 Å². The highest BCUT2D eigenvalue weighted by atomic mass is 32.2. The van der Waals surface area contributed by atoms with Gasteiger partial charge in [0.05, 0.1) is 27.7 Å². The Balaban J connectivity index is 1.69. The summed E-state index contributed by atoms with van der Waals surface area (Å²) in [5, 5.41) is 5.79. The van der Waals surface area contributed by atoms with Gasteiger partial charge in [0.15, 0.2) is 15.1 Å². The quantitative estimate of drug-likeness (QED) is 0.456. The van der Waals surface area contributed by atoms with Crippen molar-refractivity contribution in [1.29, 1.82) is 0 Å². The Morgan fingerprint density at radius 2 is 2.11 bits per heavy atom. The number of nitrogens with zero attached hydrogens (tertiary/aromatic N) is 5. The predicted octanol–water partition coefficient (Wildman–Crippen LogP) is 3.31. The normalized spacial score (nSPS) is 11.9. The summed E-state index contributed by atoms with van der Waals surface area (Å²) in [6.45, 7) is 0.345. The van der Waals surface area contributed by atoms with Gasteiger partial charge in [-0.25, -0.2) is 14.6 Å². The van der Waals surface area contributed by atoms with Gasteiger partial charge < -0.3 is 10.3 Å². The Bertz CT molecular complexity index is 1390. The number of anilines is 1. The number of aromatic nitrogens is 5. The maximum Gasteiger partial charge on any atom is 0.291 e. The number of thioether (sulfide) groups is 1. The molecular weight excluding hydrogens is 400 g/mol. The average Bonchev–Trinajstić information content (AvgIpc) is 3.31. The third kappa shape index (κ3) is 2.47. The van der Waals surface area contributed by atoms with E-state index < -0.39 is 0 Å². The van der Waals surface area contributed by atoms with E-state index in [1.54, 1.807) is 29.3 Å². The highest BCUT2D eigenvalue weighted by molar-refractivity contribution is 8.00. The van der Waals surface area contributed by atoms with Crippen LogP contribution in [0.2, 0.25) is 0 Å². The van der Waals surface area contributed by atoms with Gasteiger partial charge in [-0.2, -0.15) is 5.10 Å². The number of hydrogen-bond donors (Lipinski definition) is 1. The molecule has 0 amide bonds. The van der Waals surface area contributed by atoms with Crippen LogP contribution in [-0.2, 0) is 13.6 Å². The molecule has 10 heteroatoms. The van der Waals surface area contributed by atoms with Gasteiger partial charge in [-0.3, -0.25) is 4.79 Å². The molecule has 5 aromatic rings. The Morgan fingerprint density at radius 1 is 1.26 bits per heavy atom. The molecule has 5 rings (SSSR count). The topological polar surface area (TPSA) is 91.6 Å². The first-order chi connectivity index (χ1) is 13.1. The van der Waals surface area contributed by atoms with Crippen molar-refractivity contribution in [2.75, 3.05) is 12.0 Å². The van der Waals surface area contributed by atoms with Gasteiger partial charge >= 0.3 is 0 Å². The van der Waals surface area contributed by atoms with E-state index >= 15 is 0 Å². The van der Waals surface area contributed by atoms with Gasteiger partial charge in [0.25, 0.3) is 5.56 Å². The number of rotatable bonds is 3. The van der Waals surface area contributed by atoms with Gasteiger partial charge in [-0.05, 0) is 12.3 Å². The van der Waals surface area contributed by atoms with Gasteiger partial charge in [-0.15, -0.1) is 11.3 Å². The van der Waals surface area contributed by atoms with E-state index in [2.05, 4.69) is 15.1 Å². The van der Waals surface area contributed by atoms with Crippen molar-refractivity contribution >= 4 is 71.0 Å². The van der Waals surface area contributed by atoms with Gasteiger partial charge in [0.1, 0.15) is 5.52 Å². The molecule has 0 spiro atoms. The molecule has 2 N–H and O–H groups in total. The lowest BCUT2D eigenvalue weighted by atomic mass is 10.2. The lowest BCUT2D eigenvalue weighted by Crippen LogP contribution is -2.24. The molecule has 0 saturated heterocycles. The summed E-state index contributed by atoms with van der Waals surface area (Å²) in [6.07, 6.45) is 3.76. The first-order valence-electron chi connectivity index (χ1n) is 8.09. The SMILES string of the molecule is CSc1nc2c(s1)c1cnn(Cc3cccc4sc(N)nc34)c(=O)c1n2C. The van der Waals surface area contributed by atoms with Crippen molar-refractivity contribution in [3.63, 3.8) is 0 Å². The standard InChI is InChI=1S/C17H14N6OS3/c1-22-12-9(13-14(22)21-17(25-2)27-13)6-19-23(15(12)24)7-8-4-3-5-10-11(8)20-16(18)26-10/h3-6H,7H2,1-2H3,(H2,18,20). The van der Waals surface area contributed by atoms with Gasteiger partial charge in [-0.1, -0.05) is 35.2 Å². The van der Waals surface area contributed by atoms with Crippen molar-refractivity contribution in [3.8, 4) is 0 Å². The predicted molar refractivity (Wildman–Crippen MR) is 113 cm³/mol. The molecule has 0 fully saturated rings. The first-order valence-corrected chi connectivity index (χ1v) is 11.0. The van der Waals surface area contributed by atoms with Gasteiger partial charge in [0.2, 0.25) is 0 Å². The molecule has 0 saturated carbocycles. The molecule has 136 valence electrons. The lowest BCUT2D eigenvalue weighted by molar-refractivity contribution is 0.646. The summed E-state index contributed by atoms with van der Waals surface area (Å²) in [5.74, 6) is 0. The van der Waals surface area contributed by atoms with Crippen molar-refractivity contribution < 1.29 is 0 Å². The molecule has 4 aromatic heterocycles. The van der Waals surface area contributed by atoms with Gasteiger partial charge in [0, 0.05) is 18.0 Å². The van der Waals surface area contributed by atoms with Crippen LogP contribution >= 0.6 is 34.4 Å². The highest BCUT2D eigenvalue weighted by Crippen LogP contribution is 2.34. The Kier molecular flexibility index (Phi) is 3.74. The molecule has 0 radical (unpaired) electrons. The molecule has 0 atom stereocenters. The lowest BCUT2D eigenvalue weighted by Gasteiger charge is -2.06. The molecular formula is C17H14N6OS3. The number of nitrogen functional groups attached to an aromatic ring is 1. The highest BCUT2D eigenvalue weighted by Gasteiger charge is 2.18. The number of nitrogens with two attached hydrogens (primary N) is 1. The van der Waals surface area contributed by atoms with E-state index in [0.717, 1.165) is 35.9 Å². The molecule has 0 unspecified atom stereocenters. The fourth-order valence-electron chi connectivity index (χ4n) is 3.28. The van der Waals surface area contributed by atoms with Crippen LogP contribution in [0.4, 0.5) is 5.13 Å². The summed E-state index contributed by atoms with van der Waals surface area (Å²) in [4.78, 5) is 22.1. The molecule has 0 aliphatic rings. The Labute approximate surface area is 165 Å². The van der Waals surface area contributed by atoms with Crippen LogP contribution in [0.15, 0.2) is 33.5 Å². The fraction of sp³-hybridized carbons (Fsp3) is 0.176. The van der Waals surface area contributed by atoms with Crippen LogP contribution in [0, 0.1) is 0 Å².